The van der Waals surface area contributed by atoms with Gasteiger partial charge in [0, 0.05) is 30.1 Å². The van der Waals surface area contributed by atoms with Crippen LogP contribution in [0.2, 0.25) is 0 Å². The first kappa shape index (κ1) is 21.1. The quantitative estimate of drug-likeness (QED) is 0.500. The highest BCUT2D eigenvalue weighted by atomic mass is 16.6. The summed E-state index contributed by atoms with van der Waals surface area (Å²) in [6.07, 6.45) is 2.32. The minimum Gasteiger partial charge on any atom is -0.482 e. The predicted molar refractivity (Wildman–Crippen MR) is 110 cm³/mol. The zero-order valence-electron chi connectivity index (χ0n) is 17.6. The molecule has 29 heavy (non-hydrogen) atoms. The summed E-state index contributed by atoms with van der Waals surface area (Å²) in [6.45, 7) is 8.84. The first-order chi connectivity index (χ1) is 13.9. The van der Waals surface area contributed by atoms with Crippen molar-refractivity contribution < 1.29 is 23.8 Å². The van der Waals surface area contributed by atoms with E-state index in [1.807, 2.05) is 52.0 Å². The van der Waals surface area contributed by atoms with Crippen molar-refractivity contribution >= 4 is 11.8 Å². The fourth-order valence-electron chi connectivity index (χ4n) is 3.64. The van der Waals surface area contributed by atoms with Crippen molar-refractivity contribution in [2.45, 2.75) is 53.2 Å². The Morgan fingerprint density at radius 2 is 1.97 bits per heavy atom. The van der Waals surface area contributed by atoms with E-state index >= 15 is 0 Å². The van der Waals surface area contributed by atoms with Gasteiger partial charge in [-0.15, -0.1) is 0 Å². The predicted octanol–water partition coefficient (Wildman–Crippen LogP) is 3.71. The molecule has 0 saturated carbocycles. The van der Waals surface area contributed by atoms with Crippen molar-refractivity contribution in [1.82, 2.24) is 4.57 Å². The normalized spacial score (nSPS) is 16.1. The highest BCUT2D eigenvalue weighted by molar-refractivity contribution is 5.99. The third-order valence-electron chi connectivity index (χ3n) is 5.55. The van der Waals surface area contributed by atoms with Gasteiger partial charge in [-0.25, -0.2) is 4.79 Å². The van der Waals surface area contributed by atoms with Crippen molar-refractivity contribution in [3.63, 3.8) is 0 Å². The van der Waals surface area contributed by atoms with Crippen LogP contribution in [0.5, 0.6) is 5.75 Å². The third kappa shape index (κ3) is 5.07. The van der Waals surface area contributed by atoms with Gasteiger partial charge in [-0.3, -0.25) is 4.79 Å². The third-order valence-corrected chi connectivity index (χ3v) is 5.55. The molecule has 0 bridgehead atoms. The number of nitrogens with zero attached hydrogens (tertiary/aromatic N) is 1. The average Bonchev–Trinajstić information content (AvgIpc) is 3.31. The number of hydrogen-bond donors (Lipinski definition) is 0. The lowest BCUT2D eigenvalue weighted by Crippen LogP contribution is -2.20. The maximum absolute atomic E-state index is 12.6. The van der Waals surface area contributed by atoms with E-state index < -0.39 is 5.97 Å². The first-order valence-electron chi connectivity index (χ1n) is 10.0. The van der Waals surface area contributed by atoms with E-state index in [1.54, 1.807) is 0 Å². The summed E-state index contributed by atoms with van der Waals surface area (Å²) >= 11 is 0. The number of ketones is 1. The smallest absolute Gasteiger partial charge is 0.344 e. The molecule has 1 saturated heterocycles. The number of aromatic nitrogens is 1. The van der Waals surface area contributed by atoms with Crippen LogP contribution in [0.15, 0.2) is 24.3 Å². The number of carbonyl (C=O) groups excluding carboxylic acids is 2. The Bertz CT molecular complexity index is 893. The largest absolute Gasteiger partial charge is 0.482 e. The van der Waals surface area contributed by atoms with Crippen molar-refractivity contribution in [1.29, 1.82) is 0 Å². The van der Waals surface area contributed by atoms with Gasteiger partial charge in [0.25, 0.3) is 0 Å². The van der Waals surface area contributed by atoms with E-state index in [0.717, 1.165) is 48.5 Å². The molecule has 2 aromatic rings. The molecule has 0 radical (unpaired) electrons. The summed E-state index contributed by atoms with van der Waals surface area (Å²) in [7, 11) is 0. The molecular formula is C23H29NO5. The summed E-state index contributed by atoms with van der Waals surface area (Å²) in [4.78, 5) is 24.6. The van der Waals surface area contributed by atoms with Crippen molar-refractivity contribution in [2.75, 3.05) is 19.8 Å². The van der Waals surface area contributed by atoms with Gasteiger partial charge in [0.1, 0.15) is 5.75 Å². The Kier molecular flexibility index (Phi) is 6.75. The van der Waals surface area contributed by atoms with Gasteiger partial charge in [0.2, 0.25) is 5.78 Å². The number of aryl methyl sites for hydroxylation is 2. The molecule has 6 heteroatoms. The molecule has 0 N–H and O–H groups in total. The molecule has 1 aliphatic heterocycles. The molecule has 156 valence electrons. The monoisotopic (exact) mass is 399 g/mol. The van der Waals surface area contributed by atoms with Gasteiger partial charge in [-0.1, -0.05) is 12.1 Å². The van der Waals surface area contributed by atoms with Crippen LogP contribution in [-0.2, 0) is 20.8 Å². The first-order valence-corrected chi connectivity index (χ1v) is 10.0. The fourth-order valence-corrected chi connectivity index (χ4v) is 3.64. The van der Waals surface area contributed by atoms with Gasteiger partial charge >= 0.3 is 5.97 Å². The second-order valence-corrected chi connectivity index (χ2v) is 7.60. The lowest BCUT2D eigenvalue weighted by Gasteiger charge is -2.14. The number of Topliss-reactive ketones (excluding diaryl/α,β-unsaturated/α-hetero) is 1. The van der Waals surface area contributed by atoms with Gasteiger partial charge in [0.15, 0.2) is 13.2 Å². The Morgan fingerprint density at radius 1 is 1.17 bits per heavy atom. The van der Waals surface area contributed by atoms with Crippen LogP contribution in [0.1, 0.15) is 45.7 Å². The van der Waals surface area contributed by atoms with Crippen LogP contribution in [0.4, 0.5) is 0 Å². The van der Waals surface area contributed by atoms with Crippen LogP contribution in [0, 0.1) is 27.7 Å². The van der Waals surface area contributed by atoms with E-state index in [2.05, 4.69) is 4.57 Å². The van der Waals surface area contributed by atoms with Gasteiger partial charge < -0.3 is 18.8 Å². The highest BCUT2D eigenvalue weighted by Gasteiger charge is 2.21. The Balaban J connectivity index is 1.53. The molecule has 6 nitrogen and oxygen atoms in total. The fraction of sp³-hybridized carbons (Fsp3) is 0.478. The maximum Gasteiger partial charge on any atom is 0.344 e. The molecule has 3 rings (SSSR count). The topological polar surface area (TPSA) is 66.8 Å². The molecule has 1 fully saturated rings. The van der Waals surface area contributed by atoms with Gasteiger partial charge in [-0.05, 0) is 63.8 Å². The molecular weight excluding hydrogens is 370 g/mol. The minimum atomic E-state index is -0.563. The molecule has 1 aliphatic rings. The minimum absolute atomic E-state index is 0.197. The van der Waals surface area contributed by atoms with E-state index in [0.29, 0.717) is 11.3 Å². The molecule has 0 unspecified atom stereocenters. The SMILES string of the molecule is Cc1cccc(OCC(=O)OCC(=O)c2cc(C)n(C[C@H]3CCCO3)c2C)c1C. The number of benzene rings is 1. The molecule has 0 spiro atoms. The van der Waals surface area contributed by atoms with E-state index in [9.17, 15) is 9.59 Å². The summed E-state index contributed by atoms with van der Waals surface area (Å²) in [5.41, 5.74) is 4.54. The van der Waals surface area contributed by atoms with E-state index in [-0.39, 0.29) is 25.1 Å². The molecule has 1 aromatic heterocycles. The summed E-state index contributed by atoms with van der Waals surface area (Å²) in [5.74, 6) is -0.129. The molecule has 0 aliphatic carbocycles. The van der Waals surface area contributed by atoms with E-state index in [1.165, 1.54) is 0 Å². The molecule has 2 heterocycles. The van der Waals surface area contributed by atoms with Crippen molar-refractivity contribution in [3.8, 4) is 5.75 Å². The van der Waals surface area contributed by atoms with Gasteiger partial charge in [-0.2, -0.15) is 0 Å². The summed E-state index contributed by atoms with van der Waals surface area (Å²) < 4.78 is 18.5. The van der Waals surface area contributed by atoms with E-state index in [4.69, 9.17) is 14.2 Å². The summed E-state index contributed by atoms with van der Waals surface area (Å²) in [6, 6.07) is 7.52. The number of carbonyl (C=O) groups is 2. The van der Waals surface area contributed by atoms with Crippen LogP contribution >= 0.6 is 0 Å². The number of rotatable bonds is 8. The zero-order chi connectivity index (χ0) is 21.0. The Morgan fingerprint density at radius 3 is 2.69 bits per heavy atom. The molecule has 1 aromatic carbocycles. The van der Waals surface area contributed by atoms with Crippen LogP contribution in [0.25, 0.3) is 0 Å². The van der Waals surface area contributed by atoms with Crippen molar-refractivity contribution in [2.24, 2.45) is 0 Å². The standard InChI is InChI=1S/C23H29NO5/c1-15-7-5-9-22(17(15)3)28-14-23(26)29-13-21(25)20-11-16(2)24(18(20)4)12-19-8-6-10-27-19/h5,7,9,11,19H,6,8,10,12-14H2,1-4H3/t19-/m1/s1. The number of esters is 1. The zero-order valence-corrected chi connectivity index (χ0v) is 17.6. The molecule has 1 atom stereocenters. The Hall–Kier alpha value is -2.60. The van der Waals surface area contributed by atoms with Crippen molar-refractivity contribution in [3.05, 3.63) is 52.3 Å². The Labute approximate surface area is 171 Å². The highest BCUT2D eigenvalue weighted by Crippen LogP contribution is 2.22. The van der Waals surface area contributed by atoms with Crippen LogP contribution in [0.3, 0.4) is 0 Å². The second-order valence-electron chi connectivity index (χ2n) is 7.60. The van der Waals surface area contributed by atoms with Gasteiger partial charge in [0.05, 0.1) is 6.10 Å². The number of ether oxygens (including phenoxy) is 3. The molecule has 0 amide bonds. The second kappa shape index (κ2) is 9.27. The lowest BCUT2D eigenvalue weighted by atomic mass is 10.1. The lowest BCUT2D eigenvalue weighted by molar-refractivity contribution is -0.144. The maximum atomic E-state index is 12.6. The average molecular weight is 399 g/mol. The number of hydrogen-bond acceptors (Lipinski definition) is 5. The summed E-state index contributed by atoms with van der Waals surface area (Å²) in [5, 5.41) is 0. The van der Waals surface area contributed by atoms with Crippen LogP contribution < -0.4 is 4.74 Å². The van der Waals surface area contributed by atoms with Crippen LogP contribution in [-0.4, -0.2) is 42.2 Å².